The molecule has 0 aliphatic carbocycles. The zero-order chi connectivity index (χ0) is 12.3. The maximum Gasteiger partial charge on any atom is 0.146 e. The summed E-state index contributed by atoms with van der Waals surface area (Å²) in [4.78, 5) is 0. The summed E-state index contributed by atoms with van der Waals surface area (Å²) in [7, 11) is 0. The molecule has 2 heterocycles. The first-order valence-corrected chi connectivity index (χ1v) is 6.35. The van der Waals surface area contributed by atoms with Crippen LogP contribution in [-0.2, 0) is 17.8 Å². The molecule has 0 amide bonds. The Morgan fingerprint density at radius 1 is 1.59 bits per heavy atom. The fourth-order valence-corrected chi connectivity index (χ4v) is 2.32. The first-order valence-electron chi connectivity index (χ1n) is 6.35. The SMILES string of the molecule is CCn1cnnc1CNC1CCOC(C)(C)C1. The number of aryl methyl sites for hydroxylation is 1. The number of rotatable bonds is 4. The molecule has 1 aliphatic heterocycles. The Labute approximate surface area is 103 Å². The molecule has 0 aromatic carbocycles. The van der Waals surface area contributed by atoms with Crippen LogP contribution in [0.5, 0.6) is 0 Å². The first kappa shape index (κ1) is 12.5. The molecule has 1 fully saturated rings. The van der Waals surface area contributed by atoms with E-state index in [9.17, 15) is 0 Å². The van der Waals surface area contributed by atoms with E-state index in [2.05, 4.69) is 40.9 Å². The largest absolute Gasteiger partial charge is 0.375 e. The van der Waals surface area contributed by atoms with Gasteiger partial charge in [-0.15, -0.1) is 10.2 Å². The van der Waals surface area contributed by atoms with Crippen LogP contribution in [0.2, 0.25) is 0 Å². The lowest BCUT2D eigenvalue weighted by Crippen LogP contribution is -2.43. The molecule has 1 atom stereocenters. The number of nitrogens with one attached hydrogen (secondary N) is 1. The van der Waals surface area contributed by atoms with Gasteiger partial charge in [0.05, 0.1) is 12.1 Å². The summed E-state index contributed by atoms with van der Waals surface area (Å²) >= 11 is 0. The summed E-state index contributed by atoms with van der Waals surface area (Å²) in [6.07, 6.45) is 3.90. The third-order valence-corrected chi connectivity index (χ3v) is 3.28. The number of ether oxygens (including phenoxy) is 1. The van der Waals surface area contributed by atoms with E-state index in [4.69, 9.17) is 4.74 Å². The number of nitrogens with zero attached hydrogens (tertiary/aromatic N) is 3. The molecular formula is C12H22N4O. The maximum atomic E-state index is 5.70. The lowest BCUT2D eigenvalue weighted by atomic mass is 9.94. The van der Waals surface area contributed by atoms with Gasteiger partial charge < -0.3 is 14.6 Å². The Balaban J connectivity index is 1.86. The molecule has 17 heavy (non-hydrogen) atoms. The van der Waals surface area contributed by atoms with Crippen molar-refractivity contribution in [3.05, 3.63) is 12.2 Å². The van der Waals surface area contributed by atoms with Crippen LogP contribution < -0.4 is 5.32 Å². The lowest BCUT2D eigenvalue weighted by molar-refractivity contribution is -0.0631. The zero-order valence-corrected chi connectivity index (χ0v) is 10.9. The van der Waals surface area contributed by atoms with Gasteiger partial charge in [-0.05, 0) is 33.6 Å². The van der Waals surface area contributed by atoms with E-state index < -0.39 is 0 Å². The van der Waals surface area contributed by atoms with E-state index >= 15 is 0 Å². The van der Waals surface area contributed by atoms with Gasteiger partial charge in [-0.1, -0.05) is 0 Å². The molecule has 0 radical (unpaired) electrons. The molecule has 2 rings (SSSR count). The van der Waals surface area contributed by atoms with Gasteiger partial charge in [0, 0.05) is 19.2 Å². The Kier molecular flexibility index (Phi) is 3.79. The van der Waals surface area contributed by atoms with Gasteiger partial charge in [0.2, 0.25) is 0 Å². The Morgan fingerprint density at radius 2 is 2.41 bits per heavy atom. The van der Waals surface area contributed by atoms with E-state index in [1.165, 1.54) is 0 Å². The molecule has 96 valence electrons. The van der Waals surface area contributed by atoms with Gasteiger partial charge in [-0.2, -0.15) is 0 Å². The van der Waals surface area contributed by atoms with E-state index in [-0.39, 0.29) is 5.60 Å². The van der Waals surface area contributed by atoms with Crippen LogP contribution in [0.15, 0.2) is 6.33 Å². The summed E-state index contributed by atoms with van der Waals surface area (Å²) in [5, 5.41) is 11.6. The summed E-state index contributed by atoms with van der Waals surface area (Å²) in [5.41, 5.74) is -0.00561. The summed E-state index contributed by atoms with van der Waals surface area (Å²) in [6.45, 7) is 8.94. The van der Waals surface area contributed by atoms with Crippen LogP contribution in [0, 0.1) is 0 Å². The monoisotopic (exact) mass is 238 g/mol. The second-order valence-corrected chi connectivity index (χ2v) is 5.21. The Bertz CT molecular complexity index is 361. The molecule has 1 unspecified atom stereocenters. The Hall–Kier alpha value is -0.940. The number of hydrogen-bond donors (Lipinski definition) is 1. The summed E-state index contributed by atoms with van der Waals surface area (Å²) in [5.74, 6) is 1.01. The molecule has 1 aliphatic rings. The predicted molar refractivity (Wildman–Crippen MR) is 65.6 cm³/mol. The van der Waals surface area contributed by atoms with Crippen LogP contribution in [0.1, 0.15) is 39.4 Å². The highest BCUT2D eigenvalue weighted by molar-refractivity contribution is 4.88. The van der Waals surface area contributed by atoms with Crippen molar-refractivity contribution in [3.8, 4) is 0 Å². The van der Waals surface area contributed by atoms with Crippen molar-refractivity contribution in [2.24, 2.45) is 0 Å². The normalized spacial score (nSPS) is 23.8. The van der Waals surface area contributed by atoms with E-state index in [1.54, 1.807) is 6.33 Å². The maximum absolute atomic E-state index is 5.70. The van der Waals surface area contributed by atoms with Crippen LogP contribution >= 0.6 is 0 Å². The number of aromatic nitrogens is 3. The van der Waals surface area contributed by atoms with Crippen LogP contribution in [0.25, 0.3) is 0 Å². The minimum absolute atomic E-state index is 0.00561. The van der Waals surface area contributed by atoms with Gasteiger partial charge in [-0.25, -0.2) is 0 Å². The van der Waals surface area contributed by atoms with Crippen molar-refractivity contribution in [2.45, 2.75) is 58.3 Å². The van der Waals surface area contributed by atoms with Crippen LogP contribution in [0.4, 0.5) is 0 Å². The van der Waals surface area contributed by atoms with E-state index in [1.807, 2.05) is 0 Å². The Morgan fingerprint density at radius 3 is 3.12 bits per heavy atom. The fraction of sp³-hybridized carbons (Fsp3) is 0.833. The van der Waals surface area contributed by atoms with Crippen molar-refractivity contribution in [2.75, 3.05) is 6.61 Å². The second-order valence-electron chi connectivity index (χ2n) is 5.21. The molecule has 1 aromatic rings. The van der Waals surface area contributed by atoms with Crippen molar-refractivity contribution in [3.63, 3.8) is 0 Å². The molecule has 0 bridgehead atoms. The lowest BCUT2D eigenvalue weighted by Gasteiger charge is -2.35. The van der Waals surface area contributed by atoms with Crippen molar-refractivity contribution in [1.29, 1.82) is 0 Å². The summed E-state index contributed by atoms with van der Waals surface area (Å²) < 4.78 is 7.77. The molecule has 5 nitrogen and oxygen atoms in total. The molecular weight excluding hydrogens is 216 g/mol. The second kappa shape index (κ2) is 5.14. The smallest absolute Gasteiger partial charge is 0.146 e. The molecule has 5 heteroatoms. The molecule has 0 saturated carbocycles. The molecule has 1 saturated heterocycles. The zero-order valence-electron chi connectivity index (χ0n) is 10.9. The predicted octanol–water partition coefficient (Wildman–Crippen LogP) is 1.35. The average molecular weight is 238 g/mol. The topological polar surface area (TPSA) is 52.0 Å². The van der Waals surface area contributed by atoms with Gasteiger partial charge >= 0.3 is 0 Å². The van der Waals surface area contributed by atoms with E-state index in [0.717, 1.165) is 38.4 Å². The standard InChI is InChI=1S/C12H22N4O/c1-4-16-9-14-15-11(16)8-13-10-5-6-17-12(2,3)7-10/h9-10,13H,4-8H2,1-3H3. The quantitative estimate of drug-likeness (QED) is 0.860. The van der Waals surface area contributed by atoms with Crippen molar-refractivity contribution >= 4 is 0 Å². The van der Waals surface area contributed by atoms with Gasteiger partial charge in [-0.3, -0.25) is 0 Å². The van der Waals surface area contributed by atoms with Crippen molar-refractivity contribution < 1.29 is 4.74 Å². The number of hydrogen-bond acceptors (Lipinski definition) is 4. The fourth-order valence-electron chi connectivity index (χ4n) is 2.32. The van der Waals surface area contributed by atoms with Crippen LogP contribution in [-0.4, -0.2) is 33.0 Å². The van der Waals surface area contributed by atoms with Gasteiger partial charge in [0.15, 0.2) is 0 Å². The van der Waals surface area contributed by atoms with Crippen molar-refractivity contribution in [1.82, 2.24) is 20.1 Å². The van der Waals surface area contributed by atoms with Crippen LogP contribution in [0.3, 0.4) is 0 Å². The first-order chi connectivity index (χ1) is 8.11. The van der Waals surface area contributed by atoms with Gasteiger partial charge in [0.25, 0.3) is 0 Å². The summed E-state index contributed by atoms with van der Waals surface area (Å²) in [6, 6.07) is 0.515. The minimum Gasteiger partial charge on any atom is -0.375 e. The average Bonchev–Trinajstić information content (AvgIpc) is 2.72. The van der Waals surface area contributed by atoms with E-state index in [0.29, 0.717) is 6.04 Å². The molecule has 1 N–H and O–H groups in total. The third kappa shape index (κ3) is 3.26. The molecule has 1 aromatic heterocycles. The third-order valence-electron chi connectivity index (χ3n) is 3.28. The highest BCUT2D eigenvalue weighted by atomic mass is 16.5. The highest BCUT2D eigenvalue weighted by Gasteiger charge is 2.28. The molecule has 0 spiro atoms. The highest BCUT2D eigenvalue weighted by Crippen LogP contribution is 2.23. The van der Waals surface area contributed by atoms with Gasteiger partial charge in [0.1, 0.15) is 12.2 Å². The minimum atomic E-state index is -0.00561.